The molecule has 0 fully saturated rings. The molecule has 94 valence electrons. The van der Waals surface area contributed by atoms with E-state index in [9.17, 15) is 4.79 Å². The topological polar surface area (TPSA) is 76.0 Å². The first kappa shape index (κ1) is 12.1. The van der Waals surface area contributed by atoms with E-state index >= 15 is 0 Å². The van der Waals surface area contributed by atoms with Crippen molar-refractivity contribution in [3.05, 3.63) is 40.6 Å². The summed E-state index contributed by atoms with van der Waals surface area (Å²) in [6.45, 7) is 0. The van der Waals surface area contributed by atoms with Gasteiger partial charge in [0.2, 0.25) is 5.16 Å². The highest BCUT2D eigenvalue weighted by Crippen LogP contribution is 2.29. The summed E-state index contributed by atoms with van der Waals surface area (Å²) in [6.07, 6.45) is 0. The van der Waals surface area contributed by atoms with Crippen LogP contribution in [0.15, 0.2) is 45.8 Å². The third-order valence-electron chi connectivity index (χ3n) is 2.34. The number of rotatable bonds is 3. The Morgan fingerprint density at radius 3 is 2.74 bits per heavy atom. The number of fused-ring (bicyclic) bond motifs is 1. The lowest BCUT2D eigenvalue weighted by Gasteiger charge is -1.98. The molecule has 1 aromatic carbocycles. The minimum atomic E-state index is -0.922. The molecule has 0 aliphatic heterocycles. The summed E-state index contributed by atoms with van der Waals surface area (Å²) in [4.78, 5) is 16.3. The number of thiophene rings is 1. The minimum absolute atomic E-state index is 0.302. The molecule has 19 heavy (non-hydrogen) atoms. The van der Waals surface area contributed by atoms with Crippen molar-refractivity contribution < 1.29 is 9.90 Å². The number of para-hydroxylation sites is 1. The fraction of sp³-hybridized carbons (Fsp3) is 0. The van der Waals surface area contributed by atoms with Crippen LogP contribution in [0, 0.1) is 0 Å². The smallest absolute Gasteiger partial charge is 0.345 e. The van der Waals surface area contributed by atoms with Crippen LogP contribution in [0.4, 0.5) is 0 Å². The first-order chi connectivity index (χ1) is 9.22. The van der Waals surface area contributed by atoms with E-state index in [1.807, 2.05) is 24.3 Å². The quantitative estimate of drug-likeness (QED) is 0.799. The second kappa shape index (κ2) is 4.94. The molecule has 3 rings (SSSR count). The lowest BCUT2D eigenvalue weighted by molar-refractivity contribution is 0.0702. The Bertz CT molecular complexity index is 757. The third kappa shape index (κ3) is 2.56. The van der Waals surface area contributed by atoms with E-state index in [-0.39, 0.29) is 0 Å². The number of hydrogen-bond donors (Lipinski definition) is 1. The van der Waals surface area contributed by atoms with E-state index in [0.29, 0.717) is 10.0 Å². The Hall–Kier alpha value is -1.99. The minimum Gasteiger partial charge on any atom is -0.477 e. The molecule has 0 saturated heterocycles. The van der Waals surface area contributed by atoms with E-state index in [0.717, 1.165) is 15.9 Å². The van der Waals surface area contributed by atoms with Crippen LogP contribution >= 0.6 is 23.1 Å². The number of aromatic nitrogens is 3. The molecular formula is C12H7N3O2S2. The number of carboxylic acids is 1. The summed E-state index contributed by atoms with van der Waals surface area (Å²) in [5.74, 6) is -0.922. The van der Waals surface area contributed by atoms with Crippen molar-refractivity contribution in [3.8, 4) is 0 Å². The Kier molecular flexibility index (Phi) is 3.14. The molecule has 2 aromatic heterocycles. The molecule has 1 N–H and O–H groups in total. The molecule has 0 unspecified atom stereocenters. The van der Waals surface area contributed by atoms with Crippen molar-refractivity contribution >= 4 is 40.1 Å². The molecule has 7 heteroatoms. The molecule has 0 aliphatic rings. The highest BCUT2D eigenvalue weighted by molar-refractivity contribution is 7.99. The van der Waals surface area contributed by atoms with Gasteiger partial charge in [-0.1, -0.05) is 12.1 Å². The molecule has 0 saturated carbocycles. The second-order valence-corrected chi connectivity index (χ2v) is 5.59. The van der Waals surface area contributed by atoms with Crippen LogP contribution in [0.3, 0.4) is 0 Å². The maximum Gasteiger partial charge on any atom is 0.345 e. The Labute approximate surface area is 116 Å². The first-order valence-electron chi connectivity index (χ1n) is 5.31. The first-order valence-corrected chi connectivity index (χ1v) is 7.01. The summed E-state index contributed by atoms with van der Waals surface area (Å²) in [5.41, 5.74) is 1.51. The third-order valence-corrected chi connectivity index (χ3v) is 4.23. The van der Waals surface area contributed by atoms with Crippen LogP contribution in [0.1, 0.15) is 9.67 Å². The molecular weight excluding hydrogens is 282 g/mol. The number of hydrogen-bond acceptors (Lipinski definition) is 6. The van der Waals surface area contributed by atoms with Crippen LogP contribution in [0.5, 0.6) is 0 Å². The van der Waals surface area contributed by atoms with Crippen LogP contribution in [-0.4, -0.2) is 26.3 Å². The molecule has 2 heterocycles. The highest BCUT2D eigenvalue weighted by atomic mass is 32.2. The summed E-state index contributed by atoms with van der Waals surface area (Å²) in [6, 6.07) is 9.08. The normalized spacial score (nSPS) is 10.7. The summed E-state index contributed by atoms with van der Waals surface area (Å²) >= 11 is 2.49. The average Bonchev–Trinajstić information content (AvgIpc) is 2.87. The van der Waals surface area contributed by atoms with E-state index in [2.05, 4.69) is 15.2 Å². The van der Waals surface area contributed by atoms with E-state index in [1.54, 1.807) is 11.4 Å². The van der Waals surface area contributed by atoms with Crippen LogP contribution < -0.4 is 0 Å². The van der Waals surface area contributed by atoms with Crippen LogP contribution in [-0.2, 0) is 0 Å². The zero-order chi connectivity index (χ0) is 13.2. The van der Waals surface area contributed by atoms with E-state index in [1.165, 1.54) is 23.1 Å². The maximum atomic E-state index is 10.8. The van der Waals surface area contributed by atoms with Gasteiger partial charge in [0.05, 0.1) is 5.52 Å². The summed E-state index contributed by atoms with van der Waals surface area (Å²) < 4.78 is 0. The molecule has 0 radical (unpaired) electrons. The fourth-order valence-electron chi connectivity index (χ4n) is 1.50. The predicted octanol–water partition coefficient (Wildman–Crippen LogP) is 2.94. The van der Waals surface area contributed by atoms with Crippen LogP contribution in [0.2, 0.25) is 0 Å². The van der Waals surface area contributed by atoms with Gasteiger partial charge >= 0.3 is 5.97 Å². The van der Waals surface area contributed by atoms with Gasteiger partial charge in [-0.2, -0.15) is 0 Å². The number of carbonyl (C=O) groups is 1. The van der Waals surface area contributed by atoms with E-state index < -0.39 is 5.97 Å². The summed E-state index contributed by atoms with van der Waals surface area (Å²) in [7, 11) is 0. The van der Waals surface area contributed by atoms with Gasteiger partial charge in [0.25, 0.3) is 0 Å². The zero-order valence-corrected chi connectivity index (χ0v) is 11.1. The Morgan fingerprint density at radius 1 is 1.21 bits per heavy atom. The van der Waals surface area contributed by atoms with Gasteiger partial charge in [-0.05, 0) is 30.0 Å². The molecule has 5 nitrogen and oxygen atoms in total. The number of benzene rings is 1. The zero-order valence-electron chi connectivity index (χ0n) is 9.48. The lowest BCUT2D eigenvalue weighted by Crippen LogP contribution is -1.92. The molecule has 3 aromatic rings. The Balaban J connectivity index is 1.89. The van der Waals surface area contributed by atoms with Crippen molar-refractivity contribution in [2.45, 2.75) is 10.1 Å². The standard InChI is InChI=1S/C12H7N3O2S2/c16-11(17)10-5-7(6-18-10)19-12-13-8-3-1-2-4-9(8)14-15-12/h1-6H,(H,16,17). The maximum absolute atomic E-state index is 10.8. The monoisotopic (exact) mass is 289 g/mol. The average molecular weight is 289 g/mol. The largest absolute Gasteiger partial charge is 0.477 e. The van der Waals surface area contributed by atoms with E-state index in [4.69, 9.17) is 5.11 Å². The SMILES string of the molecule is O=C(O)c1cc(Sc2nnc3ccccc3n2)cs1. The van der Waals surface area contributed by atoms with Crippen molar-refractivity contribution in [2.75, 3.05) is 0 Å². The van der Waals surface area contributed by atoms with Crippen molar-refractivity contribution in [3.63, 3.8) is 0 Å². The van der Waals surface area contributed by atoms with Gasteiger partial charge < -0.3 is 5.11 Å². The van der Waals surface area contributed by atoms with Gasteiger partial charge in [-0.15, -0.1) is 21.5 Å². The van der Waals surface area contributed by atoms with Crippen molar-refractivity contribution in [1.29, 1.82) is 0 Å². The predicted molar refractivity (Wildman–Crippen MR) is 72.7 cm³/mol. The van der Waals surface area contributed by atoms with Crippen molar-refractivity contribution in [2.24, 2.45) is 0 Å². The van der Waals surface area contributed by atoms with Gasteiger partial charge in [0, 0.05) is 10.3 Å². The number of carboxylic acid groups (broad SMARTS) is 1. The van der Waals surface area contributed by atoms with Gasteiger partial charge in [0.1, 0.15) is 10.4 Å². The molecule has 0 atom stereocenters. The summed E-state index contributed by atoms with van der Waals surface area (Å²) in [5, 5.41) is 19.2. The molecule has 0 bridgehead atoms. The van der Waals surface area contributed by atoms with Gasteiger partial charge in [-0.3, -0.25) is 0 Å². The lowest BCUT2D eigenvalue weighted by atomic mass is 10.3. The fourth-order valence-corrected chi connectivity index (χ4v) is 3.13. The molecule has 0 spiro atoms. The number of nitrogens with zero attached hydrogens (tertiary/aromatic N) is 3. The highest BCUT2D eigenvalue weighted by Gasteiger charge is 2.09. The van der Waals surface area contributed by atoms with Crippen LogP contribution in [0.25, 0.3) is 11.0 Å². The van der Waals surface area contributed by atoms with Gasteiger partial charge in [0.15, 0.2) is 0 Å². The number of aromatic carboxylic acids is 1. The van der Waals surface area contributed by atoms with Gasteiger partial charge in [-0.25, -0.2) is 9.78 Å². The molecule has 0 amide bonds. The Morgan fingerprint density at radius 2 is 2.00 bits per heavy atom. The van der Waals surface area contributed by atoms with Crippen molar-refractivity contribution in [1.82, 2.24) is 15.2 Å². The second-order valence-electron chi connectivity index (χ2n) is 3.64. The molecule has 0 aliphatic carbocycles.